The van der Waals surface area contributed by atoms with Crippen LogP contribution in [0.25, 0.3) is 11.1 Å². The maximum Gasteiger partial charge on any atom is 0.303 e. The molecule has 1 heterocycles. The second-order valence-corrected chi connectivity index (χ2v) is 13.5. The van der Waals surface area contributed by atoms with Gasteiger partial charge in [-0.2, -0.15) is 0 Å². The summed E-state index contributed by atoms with van der Waals surface area (Å²) in [7, 11) is 0. The van der Waals surface area contributed by atoms with Gasteiger partial charge in [0.2, 0.25) is 11.8 Å². The Hall–Kier alpha value is -4.48. The van der Waals surface area contributed by atoms with Crippen LogP contribution in [-0.2, 0) is 37.0 Å². The molecule has 4 aromatic carbocycles. The molecule has 9 nitrogen and oxygen atoms in total. The summed E-state index contributed by atoms with van der Waals surface area (Å²) in [6.07, 6.45) is 2.22. The number of aliphatic hydroxyl groups is 1. The number of unbranched alkanes of at least 4 members (excludes halogenated alkanes) is 2. The second-order valence-electron chi connectivity index (χ2n) is 12.4. The minimum atomic E-state index is -0.809. The van der Waals surface area contributed by atoms with Gasteiger partial charge in [0.15, 0.2) is 6.29 Å². The summed E-state index contributed by atoms with van der Waals surface area (Å²) in [6, 6.07) is 31.8. The zero-order valence-corrected chi connectivity index (χ0v) is 29.0. The molecule has 2 amide bonds. The van der Waals surface area contributed by atoms with E-state index < -0.39 is 12.3 Å². The van der Waals surface area contributed by atoms with Crippen LogP contribution in [0.2, 0.25) is 0 Å². The quantitative estimate of drug-likeness (QED) is 0.0689. The van der Waals surface area contributed by atoms with Crippen molar-refractivity contribution in [3.8, 4) is 11.1 Å². The number of nitrogens with one attached hydrogen (secondary N) is 2. The number of rotatable bonds is 16. The lowest BCUT2D eigenvalue weighted by Crippen LogP contribution is -2.31. The molecule has 4 aromatic rings. The topological polar surface area (TPSA) is 134 Å². The van der Waals surface area contributed by atoms with Crippen LogP contribution in [0.1, 0.15) is 80.1 Å². The number of thioether (sulfide) groups is 1. The van der Waals surface area contributed by atoms with Gasteiger partial charge < -0.3 is 30.3 Å². The molecular formula is C40H44N2O7S. The molecule has 0 aliphatic carbocycles. The largest absolute Gasteiger partial charge is 0.481 e. The van der Waals surface area contributed by atoms with Crippen molar-refractivity contribution in [2.24, 2.45) is 0 Å². The standard InChI is InChI=1S/C40H44N2O7S/c1-27(44)42-34-17-19-36(20-18-34)50-26-35-23-37(30-15-13-28(25-43)14-16-30)49-40(48-35)33-10-6-9-32(22-33)31-8-5-7-29(21-31)24-41-38(45)11-3-2-4-12-39(46)47/h5-10,13-22,35,37,40,43H,2-4,11-12,23-26H2,1H3,(H,41,45)(H,42,44)(H,46,47)/t35-,37+,40+/m1/s1. The van der Waals surface area contributed by atoms with Gasteiger partial charge in [-0.25, -0.2) is 0 Å². The maximum absolute atomic E-state index is 12.4. The Morgan fingerprint density at radius 2 is 1.52 bits per heavy atom. The zero-order valence-electron chi connectivity index (χ0n) is 28.2. The van der Waals surface area contributed by atoms with Crippen molar-refractivity contribution in [3.63, 3.8) is 0 Å². The first-order valence-electron chi connectivity index (χ1n) is 16.9. The third-order valence-electron chi connectivity index (χ3n) is 8.43. The number of carbonyl (C=O) groups is 3. The smallest absolute Gasteiger partial charge is 0.303 e. The lowest BCUT2D eigenvalue weighted by Gasteiger charge is -2.36. The number of benzene rings is 4. The average molecular weight is 697 g/mol. The van der Waals surface area contributed by atoms with Crippen molar-refractivity contribution in [3.05, 3.63) is 119 Å². The van der Waals surface area contributed by atoms with Gasteiger partial charge in [0.1, 0.15) is 0 Å². The van der Waals surface area contributed by atoms with Crippen molar-refractivity contribution < 1.29 is 34.1 Å². The van der Waals surface area contributed by atoms with Crippen LogP contribution in [0.15, 0.2) is 102 Å². The molecule has 0 unspecified atom stereocenters. The van der Waals surface area contributed by atoms with Crippen molar-refractivity contribution in [2.45, 2.75) is 82.0 Å². The fraction of sp³-hybridized carbons (Fsp3) is 0.325. The number of carboxylic acids is 1. The zero-order chi connectivity index (χ0) is 35.3. The van der Waals surface area contributed by atoms with Crippen molar-refractivity contribution in [2.75, 3.05) is 11.1 Å². The molecule has 1 fully saturated rings. The van der Waals surface area contributed by atoms with E-state index in [0.717, 1.165) is 44.0 Å². The molecule has 0 aromatic heterocycles. The Balaban J connectivity index is 1.26. The van der Waals surface area contributed by atoms with Gasteiger partial charge in [0.25, 0.3) is 0 Å². The Labute approximate surface area is 297 Å². The average Bonchev–Trinajstić information content (AvgIpc) is 3.13. The van der Waals surface area contributed by atoms with Gasteiger partial charge in [-0.05, 0) is 77.1 Å². The third kappa shape index (κ3) is 11.3. The number of hydrogen-bond donors (Lipinski definition) is 4. The summed E-state index contributed by atoms with van der Waals surface area (Å²) in [6.45, 7) is 1.88. The highest BCUT2D eigenvalue weighted by Crippen LogP contribution is 2.40. The number of carbonyl (C=O) groups excluding carboxylic acids is 2. The molecule has 262 valence electrons. The number of aliphatic carboxylic acids is 1. The van der Waals surface area contributed by atoms with Crippen LogP contribution in [0.5, 0.6) is 0 Å². The van der Waals surface area contributed by atoms with E-state index >= 15 is 0 Å². The molecule has 0 spiro atoms. The first-order valence-corrected chi connectivity index (χ1v) is 17.9. The van der Waals surface area contributed by atoms with Crippen molar-refractivity contribution in [1.82, 2.24) is 5.32 Å². The Morgan fingerprint density at radius 1 is 0.800 bits per heavy atom. The summed E-state index contributed by atoms with van der Waals surface area (Å²) < 4.78 is 13.2. The monoisotopic (exact) mass is 696 g/mol. The van der Waals surface area contributed by atoms with E-state index in [4.69, 9.17) is 14.6 Å². The van der Waals surface area contributed by atoms with Crippen molar-refractivity contribution in [1.29, 1.82) is 0 Å². The van der Waals surface area contributed by atoms with Gasteiger partial charge in [0.05, 0.1) is 18.8 Å². The Bertz CT molecular complexity index is 1730. The number of carboxylic acid groups (broad SMARTS) is 1. The van der Waals surface area contributed by atoms with E-state index in [1.54, 1.807) is 11.8 Å². The van der Waals surface area contributed by atoms with Crippen LogP contribution < -0.4 is 10.6 Å². The molecule has 1 saturated heterocycles. The predicted octanol–water partition coefficient (Wildman–Crippen LogP) is 7.79. The summed E-state index contributed by atoms with van der Waals surface area (Å²) in [4.78, 5) is 35.5. The molecule has 0 saturated carbocycles. The normalized spacial score (nSPS) is 17.2. The highest BCUT2D eigenvalue weighted by atomic mass is 32.2. The van der Waals surface area contributed by atoms with Gasteiger partial charge in [-0.15, -0.1) is 11.8 Å². The fourth-order valence-corrected chi connectivity index (χ4v) is 6.72. The van der Waals surface area contributed by atoms with Crippen LogP contribution in [0, 0.1) is 0 Å². The Kier molecular flexibility index (Phi) is 13.6. The van der Waals surface area contributed by atoms with Gasteiger partial charge in [0, 0.05) is 54.6 Å². The molecular weight excluding hydrogens is 653 g/mol. The van der Waals surface area contributed by atoms with E-state index in [1.165, 1.54) is 6.92 Å². The first kappa shape index (κ1) is 36.8. The van der Waals surface area contributed by atoms with Crippen molar-refractivity contribution >= 4 is 35.2 Å². The molecule has 0 radical (unpaired) electrons. The minimum absolute atomic E-state index is 0.0198. The number of amides is 2. The molecule has 4 N–H and O–H groups in total. The van der Waals surface area contributed by atoms with Gasteiger partial charge in [-0.1, -0.05) is 67.1 Å². The fourth-order valence-electron chi connectivity index (χ4n) is 5.80. The molecule has 1 aliphatic rings. The molecule has 10 heteroatoms. The summed E-state index contributed by atoms with van der Waals surface area (Å²) in [5.41, 5.74) is 6.51. The van der Waals surface area contributed by atoms with Crippen LogP contribution in [0.4, 0.5) is 5.69 Å². The van der Waals surface area contributed by atoms with Crippen LogP contribution in [0.3, 0.4) is 0 Å². The van der Waals surface area contributed by atoms with Gasteiger partial charge in [-0.3, -0.25) is 14.4 Å². The molecule has 3 atom stereocenters. The SMILES string of the molecule is CC(=O)Nc1ccc(SC[C@H]2C[C@@H](c3ccc(CO)cc3)O[C@@H](c3cccc(-c4cccc(CNC(=O)CCCCCC(=O)O)c4)c3)O2)cc1. The molecule has 50 heavy (non-hydrogen) atoms. The number of aliphatic hydroxyl groups excluding tert-OH is 1. The summed E-state index contributed by atoms with van der Waals surface area (Å²) in [5, 5.41) is 24.1. The first-order chi connectivity index (χ1) is 24.2. The molecule has 5 rings (SSSR count). The summed E-state index contributed by atoms with van der Waals surface area (Å²) in [5.74, 6) is -0.254. The summed E-state index contributed by atoms with van der Waals surface area (Å²) >= 11 is 1.69. The molecule has 1 aliphatic heterocycles. The van der Waals surface area contributed by atoms with E-state index in [-0.39, 0.29) is 37.0 Å². The third-order valence-corrected chi connectivity index (χ3v) is 9.57. The van der Waals surface area contributed by atoms with E-state index in [2.05, 4.69) is 22.8 Å². The number of ether oxygens (including phenoxy) is 2. The van der Waals surface area contributed by atoms with Crippen LogP contribution in [-0.4, -0.2) is 39.9 Å². The van der Waals surface area contributed by atoms with Crippen LogP contribution >= 0.6 is 11.8 Å². The predicted molar refractivity (Wildman–Crippen MR) is 194 cm³/mol. The van der Waals surface area contributed by atoms with E-state index in [0.29, 0.717) is 44.4 Å². The lowest BCUT2D eigenvalue weighted by molar-refractivity contribution is -0.245. The highest BCUT2D eigenvalue weighted by molar-refractivity contribution is 7.99. The Morgan fingerprint density at radius 3 is 2.24 bits per heavy atom. The van der Waals surface area contributed by atoms with Gasteiger partial charge >= 0.3 is 5.97 Å². The number of hydrogen-bond acceptors (Lipinski definition) is 7. The van der Waals surface area contributed by atoms with E-state index in [9.17, 15) is 19.5 Å². The minimum Gasteiger partial charge on any atom is -0.481 e. The second kappa shape index (κ2) is 18.5. The van der Waals surface area contributed by atoms with E-state index in [1.807, 2.05) is 84.9 Å². The maximum atomic E-state index is 12.4. The highest BCUT2D eigenvalue weighted by Gasteiger charge is 2.32. The molecule has 0 bridgehead atoms. The number of anilines is 1. The lowest BCUT2D eigenvalue weighted by atomic mass is 9.99.